The predicted molar refractivity (Wildman–Crippen MR) is 76.9 cm³/mol. The third-order valence-electron chi connectivity index (χ3n) is 3.47. The van der Waals surface area contributed by atoms with Crippen LogP contribution in [0.1, 0.15) is 33.8 Å². The van der Waals surface area contributed by atoms with Crippen LogP contribution in [0.4, 0.5) is 0 Å². The Balaban J connectivity index is 1.73. The molecule has 0 saturated heterocycles. The highest BCUT2D eigenvalue weighted by Crippen LogP contribution is 2.31. The zero-order valence-corrected chi connectivity index (χ0v) is 11.9. The van der Waals surface area contributed by atoms with Gasteiger partial charge in [-0.25, -0.2) is 5.84 Å². The molecular formula is C14H17N3O2S. The van der Waals surface area contributed by atoms with E-state index in [4.69, 9.17) is 10.3 Å². The van der Waals surface area contributed by atoms with Gasteiger partial charge in [0.05, 0.1) is 18.4 Å². The molecule has 1 aliphatic rings. The van der Waals surface area contributed by atoms with E-state index >= 15 is 0 Å². The SMILES string of the molecule is NNC(=O)c1ccoc1CN(Cc1cccs1)C1CC1. The van der Waals surface area contributed by atoms with Gasteiger partial charge >= 0.3 is 0 Å². The van der Waals surface area contributed by atoms with Crippen molar-refractivity contribution in [2.45, 2.75) is 32.0 Å². The number of nitrogen functional groups attached to an aromatic ring is 1. The summed E-state index contributed by atoms with van der Waals surface area (Å²) in [7, 11) is 0. The summed E-state index contributed by atoms with van der Waals surface area (Å²) in [6.45, 7) is 1.53. The average Bonchev–Trinajstić information content (AvgIpc) is 2.99. The molecular weight excluding hydrogens is 274 g/mol. The Morgan fingerprint density at radius 2 is 2.30 bits per heavy atom. The van der Waals surface area contributed by atoms with Crippen LogP contribution in [0, 0.1) is 0 Å². The number of hydrogen-bond donors (Lipinski definition) is 2. The molecule has 0 aliphatic heterocycles. The lowest BCUT2D eigenvalue weighted by atomic mass is 10.2. The molecule has 5 nitrogen and oxygen atoms in total. The van der Waals surface area contributed by atoms with Gasteiger partial charge < -0.3 is 4.42 Å². The number of hydrogen-bond acceptors (Lipinski definition) is 5. The monoisotopic (exact) mass is 291 g/mol. The molecule has 1 amide bonds. The summed E-state index contributed by atoms with van der Waals surface area (Å²) >= 11 is 1.75. The van der Waals surface area contributed by atoms with Gasteiger partial charge in [-0.15, -0.1) is 11.3 Å². The first-order valence-electron chi connectivity index (χ1n) is 6.61. The number of nitrogens with two attached hydrogens (primary N) is 1. The van der Waals surface area contributed by atoms with Gasteiger partial charge in [-0.2, -0.15) is 0 Å². The number of furan rings is 1. The maximum absolute atomic E-state index is 11.7. The fourth-order valence-electron chi connectivity index (χ4n) is 2.28. The van der Waals surface area contributed by atoms with E-state index in [1.165, 1.54) is 24.0 Å². The Hall–Kier alpha value is -1.63. The highest BCUT2D eigenvalue weighted by atomic mass is 32.1. The normalized spacial score (nSPS) is 14.7. The molecule has 1 fully saturated rings. The molecule has 0 spiro atoms. The second-order valence-corrected chi connectivity index (χ2v) is 5.98. The predicted octanol–water partition coefficient (Wildman–Crippen LogP) is 2.11. The van der Waals surface area contributed by atoms with Crippen molar-refractivity contribution in [1.82, 2.24) is 10.3 Å². The summed E-state index contributed by atoms with van der Waals surface area (Å²) < 4.78 is 5.46. The lowest BCUT2D eigenvalue weighted by Crippen LogP contribution is -2.31. The van der Waals surface area contributed by atoms with E-state index in [0.29, 0.717) is 23.9 Å². The highest BCUT2D eigenvalue weighted by Gasteiger charge is 2.30. The molecule has 2 aromatic rings. The summed E-state index contributed by atoms with van der Waals surface area (Å²) in [6, 6.07) is 6.45. The van der Waals surface area contributed by atoms with Crippen molar-refractivity contribution in [3.63, 3.8) is 0 Å². The van der Waals surface area contributed by atoms with Crippen LogP contribution >= 0.6 is 11.3 Å². The van der Waals surface area contributed by atoms with Crippen LogP contribution in [0.3, 0.4) is 0 Å². The number of nitrogens with one attached hydrogen (secondary N) is 1. The molecule has 0 aromatic carbocycles. The van der Waals surface area contributed by atoms with Gasteiger partial charge in [0.1, 0.15) is 5.76 Å². The minimum absolute atomic E-state index is 0.305. The summed E-state index contributed by atoms with van der Waals surface area (Å²) in [6.07, 6.45) is 3.96. The van der Waals surface area contributed by atoms with Crippen molar-refractivity contribution in [2.75, 3.05) is 0 Å². The van der Waals surface area contributed by atoms with Gasteiger partial charge in [-0.05, 0) is 30.4 Å². The van der Waals surface area contributed by atoms with Crippen LogP contribution in [0.2, 0.25) is 0 Å². The number of thiophene rings is 1. The Bertz CT molecular complexity index is 575. The van der Waals surface area contributed by atoms with E-state index in [9.17, 15) is 4.79 Å². The second-order valence-electron chi connectivity index (χ2n) is 4.95. The van der Waals surface area contributed by atoms with Crippen LogP contribution in [0.5, 0.6) is 0 Å². The zero-order chi connectivity index (χ0) is 13.9. The third-order valence-corrected chi connectivity index (χ3v) is 4.33. The molecule has 20 heavy (non-hydrogen) atoms. The van der Waals surface area contributed by atoms with Crippen LogP contribution < -0.4 is 11.3 Å². The molecule has 2 heterocycles. The lowest BCUT2D eigenvalue weighted by molar-refractivity contribution is 0.0949. The van der Waals surface area contributed by atoms with Gasteiger partial charge in [-0.1, -0.05) is 6.07 Å². The lowest BCUT2D eigenvalue weighted by Gasteiger charge is -2.20. The molecule has 3 N–H and O–H groups in total. The minimum atomic E-state index is -0.305. The minimum Gasteiger partial charge on any atom is -0.467 e. The first-order valence-corrected chi connectivity index (χ1v) is 7.49. The topological polar surface area (TPSA) is 71.5 Å². The van der Waals surface area contributed by atoms with Crippen molar-refractivity contribution >= 4 is 17.2 Å². The standard InChI is InChI=1S/C14H17N3O2S/c15-16-14(18)12-5-6-19-13(12)9-17(10-3-4-10)8-11-2-1-7-20-11/h1-2,5-7,10H,3-4,8-9,15H2,(H,16,18). The summed E-state index contributed by atoms with van der Waals surface area (Å²) in [5.74, 6) is 5.56. The van der Waals surface area contributed by atoms with E-state index in [-0.39, 0.29) is 5.91 Å². The van der Waals surface area contributed by atoms with Gasteiger partial charge in [0, 0.05) is 17.5 Å². The van der Waals surface area contributed by atoms with Gasteiger partial charge in [0.25, 0.3) is 5.91 Å². The molecule has 1 aliphatic carbocycles. The molecule has 3 rings (SSSR count). The number of nitrogens with zero attached hydrogens (tertiary/aromatic N) is 1. The molecule has 2 aromatic heterocycles. The van der Waals surface area contributed by atoms with Crippen molar-refractivity contribution in [3.8, 4) is 0 Å². The number of rotatable bonds is 6. The molecule has 1 saturated carbocycles. The van der Waals surface area contributed by atoms with E-state index in [0.717, 1.165) is 6.54 Å². The third kappa shape index (κ3) is 2.92. The highest BCUT2D eigenvalue weighted by molar-refractivity contribution is 7.09. The van der Waals surface area contributed by atoms with E-state index in [1.54, 1.807) is 17.4 Å². The average molecular weight is 291 g/mol. The first-order chi connectivity index (χ1) is 9.78. The van der Waals surface area contributed by atoms with Gasteiger partial charge in [-0.3, -0.25) is 15.1 Å². The number of amides is 1. The maximum Gasteiger partial charge on any atom is 0.268 e. The maximum atomic E-state index is 11.7. The van der Waals surface area contributed by atoms with Crippen molar-refractivity contribution in [2.24, 2.45) is 5.84 Å². The molecule has 0 unspecified atom stereocenters. The van der Waals surface area contributed by atoms with Crippen LogP contribution in [-0.2, 0) is 13.1 Å². The quantitative estimate of drug-likeness (QED) is 0.486. The van der Waals surface area contributed by atoms with Gasteiger partial charge in [0.15, 0.2) is 0 Å². The van der Waals surface area contributed by atoms with Crippen molar-refractivity contribution in [1.29, 1.82) is 0 Å². The second kappa shape index (κ2) is 5.78. The first kappa shape index (κ1) is 13.4. The van der Waals surface area contributed by atoms with E-state index in [1.807, 2.05) is 0 Å². The number of carbonyl (C=O) groups excluding carboxylic acids is 1. The summed E-state index contributed by atoms with van der Waals surface area (Å²) in [4.78, 5) is 15.4. The van der Waals surface area contributed by atoms with Crippen LogP contribution in [-0.4, -0.2) is 16.8 Å². The van der Waals surface area contributed by atoms with E-state index in [2.05, 4.69) is 27.8 Å². The molecule has 6 heteroatoms. The zero-order valence-electron chi connectivity index (χ0n) is 11.0. The Morgan fingerprint density at radius 1 is 1.45 bits per heavy atom. The van der Waals surface area contributed by atoms with Crippen LogP contribution in [0.25, 0.3) is 0 Å². The van der Waals surface area contributed by atoms with Crippen molar-refractivity contribution < 1.29 is 9.21 Å². The van der Waals surface area contributed by atoms with Crippen molar-refractivity contribution in [3.05, 3.63) is 46.0 Å². The summed E-state index contributed by atoms with van der Waals surface area (Å²) in [5, 5.41) is 2.08. The molecule has 0 radical (unpaired) electrons. The van der Waals surface area contributed by atoms with E-state index < -0.39 is 0 Å². The van der Waals surface area contributed by atoms with Gasteiger partial charge in [0.2, 0.25) is 0 Å². The Morgan fingerprint density at radius 3 is 2.95 bits per heavy atom. The summed E-state index contributed by atoms with van der Waals surface area (Å²) in [5.41, 5.74) is 2.67. The smallest absolute Gasteiger partial charge is 0.268 e. The molecule has 106 valence electrons. The largest absolute Gasteiger partial charge is 0.467 e. The fraction of sp³-hybridized carbons (Fsp3) is 0.357. The van der Waals surface area contributed by atoms with Crippen LogP contribution in [0.15, 0.2) is 34.3 Å². The number of hydrazine groups is 1. The Kier molecular flexibility index (Phi) is 3.86. The Labute approximate surface area is 121 Å². The molecule has 0 atom stereocenters. The molecule has 0 bridgehead atoms. The number of carbonyl (C=O) groups is 1. The fourth-order valence-corrected chi connectivity index (χ4v) is 3.01.